The molecule has 0 aliphatic heterocycles. The Morgan fingerprint density at radius 1 is 1.36 bits per heavy atom. The molecule has 0 amide bonds. The van der Waals surface area contributed by atoms with Crippen molar-refractivity contribution in [3.8, 4) is 5.82 Å². The monoisotopic (exact) mass is 185 g/mol. The average molecular weight is 185 g/mol. The van der Waals surface area contributed by atoms with Gasteiger partial charge in [0.2, 0.25) is 0 Å². The molecule has 2 aromatic rings. The second-order valence-electron chi connectivity index (χ2n) is 3.08. The zero-order valence-electron chi connectivity index (χ0n) is 8.01. The first-order valence-corrected chi connectivity index (χ1v) is 4.39. The molecule has 0 unspecified atom stereocenters. The molecule has 0 aliphatic rings. The third kappa shape index (κ3) is 1.57. The minimum Gasteiger partial charge on any atom is -0.290 e. The fraction of sp³-hybridized carbons (Fsp3) is 0.0909. The van der Waals surface area contributed by atoms with Crippen molar-refractivity contribution in [3.63, 3.8) is 0 Å². The third-order valence-corrected chi connectivity index (χ3v) is 1.98. The summed E-state index contributed by atoms with van der Waals surface area (Å²) in [6.07, 6.45) is 7.26. The number of pyridine rings is 1. The molecule has 14 heavy (non-hydrogen) atoms. The molecule has 0 fully saturated rings. The first-order valence-electron chi connectivity index (χ1n) is 4.39. The van der Waals surface area contributed by atoms with Crippen LogP contribution in [0.4, 0.5) is 0 Å². The summed E-state index contributed by atoms with van der Waals surface area (Å²) in [5.74, 6) is 0.871. The van der Waals surface area contributed by atoms with Crippen molar-refractivity contribution >= 4 is 6.08 Å². The fourth-order valence-electron chi connectivity index (χ4n) is 1.22. The summed E-state index contributed by atoms with van der Waals surface area (Å²) in [5.41, 5.74) is 2.00. The Hall–Kier alpha value is -1.90. The average Bonchev–Trinajstić information content (AvgIpc) is 2.65. The van der Waals surface area contributed by atoms with E-state index < -0.39 is 0 Å². The number of imidazole rings is 1. The highest BCUT2D eigenvalue weighted by Crippen LogP contribution is 2.07. The second-order valence-corrected chi connectivity index (χ2v) is 3.08. The van der Waals surface area contributed by atoms with Crippen molar-refractivity contribution in [2.45, 2.75) is 6.92 Å². The van der Waals surface area contributed by atoms with E-state index in [1.54, 1.807) is 18.6 Å². The van der Waals surface area contributed by atoms with E-state index in [0.29, 0.717) is 0 Å². The quantitative estimate of drug-likeness (QED) is 0.718. The smallest absolute Gasteiger partial charge is 0.137 e. The molecule has 0 saturated heterocycles. The van der Waals surface area contributed by atoms with Crippen molar-refractivity contribution in [1.82, 2.24) is 14.5 Å². The normalized spacial score (nSPS) is 10.1. The Bertz CT molecular complexity index is 440. The molecule has 0 spiro atoms. The standard InChI is InChI=1S/C11H11N3/c1-3-10-4-5-11(12-6-10)14-7-9(2)13-8-14/h3-8H,1H2,2H3. The van der Waals surface area contributed by atoms with Crippen LogP contribution in [0.25, 0.3) is 11.9 Å². The summed E-state index contributed by atoms with van der Waals surface area (Å²) >= 11 is 0. The molecule has 0 saturated carbocycles. The number of hydrogen-bond acceptors (Lipinski definition) is 2. The maximum Gasteiger partial charge on any atom is 0.137 e. The Balaban J connectivity index is 2.38. The molecule has 0 radical (unpaired) electrons. The summed E-state index contributed by atoms with van der Waals surface area (Å²) in [4.78, 5) is 8.42. The van der Waals surface area contributed by atoms with Gasteiger partial charge in [-0.25, -0.2) is 9.97 Å². The van der Waals surface area contributed by atoms with Crippen LogP contribution in [0.15, 0.2) is 37.4 Å². The number of aromatic nitrogens is 3. The van der Waals surface area contributed by atoms with Gasteiger partial charge < -0.3 is 0 Å². The van der Waals surface area contributed by atoms with E-state index in [0.717, 1.165) is 17.1 Å². The SMILES string of the molecule is C=Cc1ccc(-n2cnc(C)c2)nc1. The highest BCUT2D eigenvalue weighted by Gasteiger charge is 1.97. The van der Waals surface area contributed by atoms with Crippen LogP contribution < -0.4 is 0 Å². The van der Waals surface area contributed by atoms with Crippen LogP contribution >= 0.6 is 0 Å². The molecule has 0 bridgehead atoms. The number of nitrogens with zero attached hydrogens (tertiary/aromatic N) is 3. The molecule has 3 heteroatoms. The predicted octanol–water partition coefficient (Wildman–Crippen LogP) is 2.22. The lowest BCUT2D eigenvalue weighted by molar-refractivity contribution is 0.992. The minimum absolute atomic E-state index is 0.871. The molecule has 2 heterocycles. The zero-order chi connectivity index (χ0) is 9.97. The Labute approximate surface area is 82.8 Å². The summed E-state index contributed by atoms with van der Waals surface area (Å²) in [6, 6.07) is 3.92. The van der Waals surface area contributed by atoms with Gasteiger partial charge in [-0.15, -0.1) is 0 Å². The molecular formula is C11H11N3. The van der Waals surface area contributed by atoms with Gasteiger partial charge in [-0.2, -0.15) is 0 Å². The molecule has 0 aromatic carbocycles. The lowest BCUT2D eigenvalue weighted by atomic mass is 10.3. The Morgan fingerprint density at radius 2 is 2.21 bits per heavy atom. The summed E-state index contributed by atoms with van der Waals surface area (Å²) in [6.45, 7) is 5.63. The maximum atomic E-state index is 4.28. The molecule has 70 valence electrons. The number of rotatable bonds is 2. The van der Waals surface area contributed by atoms with E-state index in [-0.39, 0.29) is 0 Å². The van der Waals surface area contributed by atoms with Crippen molar-refractivity contribution < 1.29 is 0 Å². The molecule has 0 aliphatic carbocycles. The van der Waals surface area contributed by atoms with Crippen LogP contribution in [0.2, 0.25) is 0 Å². The molecule has 2 rings (SSSR count). The first-order chi connectivity index (χ1) is 6.79. The fourth-order valence-corrected chi connectivity index (χ4v) is 1.22. The second kappa shape index (κ2) is 3.46. The van der Waals surface area contributed by atoms with Crippen LogP contribution in [-0.2, 0) is 0 Å². The number of hydrogen-bond donors (Lipinski definition) is 0. The number of aryl methyl sites for hydroxylation is 1. The van der Waals surface area contributed by atoms with Crippen LogP contribution in [0.5, 0.6) is 0 Å². The molecule has 0 atom stereocenters. The van der Waals surface area contributed by atoms with Crippen LogP contribution in [0.3, 0.4) is 0 Å². The van der Waals surface area contributed by atoms with E-state index >= 15 is 0 Å². The molecule has 0 N–H and O–H groups in total. The van der Waals surface area contributed by atoms with E-state index in [4.69, 9.17) is 0 Å². The topological polar surface area (TPSA) is 30.7 Å². The first kappa shape index (κ1) is 8.69. The Morgan fingerprint density at radius 3 is 2.71 bits per heavy atom. The highest BCUT2D eigenvalue weighted by atomic mass is 15.1. The van der Waals surface area contributed by atoms with Crippen molar-refractivity contribution in [3.05, 3.63) is 48.7 Å². The van der Waals surface area contributed by atoms with E-state index in [1.165, 1.54) is 0 Å². The molecule has 2 aromatic heterocycles. The third-order valence-electron chi connectivity index (χ3n) is 1.98. The van der Waals surface area contributed by atoms with E-state index in [1.807, 2.05) is 29.8 Å². The van der Waals surface area contributed by atoms with Crippen molar-refractivity contribution in [2.24, 2.45) is 0 Å². The van der Waals surface area contributed by atoms with Gasteiger partial charge in [-0.3, -0.25) is 4.57 Å². The van der Waals surface area contributed by atoms with Gasteiger partial charge in [0.15, 0.2) is 0 Å². The Kier molecular flexibility index (Phi) is 2.14. The van der Waals surface area contributed by atoms with E-state index in [2.05, 4.69) is 16.5 Å². The van der Waals surface area contributed by atoms with Crippen LogP contribution in [0.1, 0.15) is 11.3 Å². The molecule has 3 nitrogen and oxygen atoms in total. The van der Waals surface area contributed by atoms with Gasteiger partial charge in [0.05, 0.1) is 5.69 Å². The van der Waals surface area contributed by atoms with Crippen LogP contribution in [0, 0.1) is 6.92 Å². The lowest BCUT2D eigenvalue weighted by Gasteiger charge is -2.00. The van der Waals surface area contributed by atoms with Gasteiger partial charge in [0.1, 0.15) is 12.1 Å². The van der Waals surface area contributed by atoms with Gasteiger partial charge in [0, 0.05) is 12.4 Å². The van der Waals surface area contributed by atoms with Gasteiger partial charge in [0.25, 0.3) is 0 Å². The highest BCUT2D eigenvalue weighted by molar-refractivity contribution is 5.46. The molecular weight excluding hydrogens is 174 g/mol. The van der Waals surface area contributed by atoms with Gasteiger partial charge in [-0.1, -0.05) is 12.7 Å². The van der Waals surface area contributed by atoms with Crippen LogP contribution in [-0.4, -0.2) is 14.5 Å². The van der Waals surface area contributed by atoms with Gasteiger partial charge in [-0.05, 0) is 24.6 Å². The summed E-state index contributed by atoms with van der Waals surface area (Å²) in [5, 5.41) is 0. The van der Waals surface area contributed by atoms with E-state index in [9.17, 15) is 0 Å². The predicted molar refractivity (Wildman–Crippen MR) is 56.2 cm³/mol. The zero-order valence-corrected chi connectivity index (χ0v) is 8.01. The lowest BCUT2D eigenvalue weighted by Crippen LogP contribution is -1.93. The van der Waals surface area contributed by atoms with Crippen molar-refractivity contribution in [2.75, 3.05) is 0 Å². The summed E-state index contributed by atoms with van der Waals surface area (Å²) in [7, 11) is 0. The largest absolute Gasteiger partial charge is 0.290 e. The summed E-state index contributed by atoms with van der Waals surface area (Å²) < 4.78 is 1.89. The van der Waals surface area contributed by atoms with Gasteiger partial charge >= 0.3 is 0 Å². The van der Waals surface area contributed by atoms with Crippen molar-refractivity contribution in [1.29, 1.82) is 0 Å². The maximum absolute atomic E-state index is 4.28. The minimum atomic E-state index is 0.871.